The van der Waals surface area contributed by atoms with Crippen molar-refractivity contribution in [1.82, 2.24) is 14.7 Å². The second kappa shape index (κ2) is 5.18. The van der Waals surface area contributed by atoms with Crippen LogP contribution < -0.4 is 0 Å². The summed E-state index contributed by atoms with van der Waals surface area (Å²) in [5.74, 6) is -0.974. The number of hydrogen-bond acceptors (Lipinski definition) is 3. The van der Waals surface area contributed by atoms with Gasteiger partial charge in [0.15, 0.2) is 5.69 Å². The maximum absolute atomic E-state index is 11.1. The molecule has 5 nitrogen and oxygen atoms in total. The molecule has 0 aliphatic carbocycles. The number of carboxylic acids is 1. The van der Waals surface area contributed by atoms with Crippen LogP contribution in [0.3, 0.4) is 0 Å². The molecule has 1 heterocycles. The summed E-state index contributed by atoms with van der Waals surface area (Å²) in [4.78, 5) is 13.2. The fourth-order valence-electron chi connectivity index (χ4n) is 1.99. The lowest BCUT2D eigenvalue weighted by molar-refractivity contribution is 0.0691. The number of aryl methyl sites for hydroxylation is 1. The summed E-state index contributed by atoms with van der Waals surface area (Å²) in [5.41, 5.74) is 1.02. The van der Waals surface area contributed by atoms with E-state index in [2.05, 4.69) is 10.00 Å². The van der Waals surface area contributed by atoms with Crippen LogP contribution in [0.2, 0.25) is 0 Å². The standard InChI is InChI=1S/C13H17N3O2/c1-15(2)8-5-9-16-11-7-4-3-6-10(11)12(14-16)13(17)18/h3-4,6-7H,5,8-9H2,1-2H3,(H,17,18). The first-order chi connectivity index (χ1) is 8.59. The molecule has 0 spiro atoms. The van der Waals surface area contributed by atoms with Gasteiger partial charge in [-0.25, -0.2) is 4.79 Å². The largest absolute Gasteiger partial charge is 0.476 e. The molecule has 1 aromatic heterocycles. The smallest absolute Gasteiger partial charge is 0.357 e. The summed E-state index contributed by atoms with van der Waals surface area (Å²) >= 11 is 0. The molecule has 0 radical (unpaired) electrons. The van der Waals surface area contributed by atoms with E-state index in [1.807, 2.05) is 32.3 Å². The van der Waals surface area contributed by atoms with Crippen LogP contribution in [0, 0.1) is 0 Å². The molecule has 96 valence electrons. The molecule has 0 saturated heterocycles. The Hall–Kier alpha value is -1.88. The summed E-state index contributed by atoms with van der Waals surface area (Å²) < 4.78 is 1.78. The number of para-hydroxylation sites is 1. The zero-order valence-electron chi connectivity index (χ0n) is 10.6. The Labute approximate surface area is 106 Å². The van der Waals surface area contributed by atoms with Gasteiger partial charge in [-0.15, -0.1) is 0 Å². The van der Waals surface area contributed by atoms with Gasteiger partial charge in [0, 0.05) is 11.9 Å². The first-order valence-corrected chi connectivity index (χ1v) is 5.93. The Morgan fingerprint density at radius 1 is 1.39 bits per heavy atom. The van der Waals surface area contributed by atoms with Crippen LogP contribution in [0.25, 0.3) is 10.9 Å². The highest BCUT2D eigenvalue weighted by atomic mass is 16.4. The zero-order valence-corrected chi connectivity index (χ0v) is 10.6. The van der Waals surface area contributed by atoms with Crippen LogP contribution >= 0.6 is 0 Å². The molecular weight excluding hydrogens is 230 g/mol. The molecule has 0 aliphatic heterocycles. The van der Waals surface area contributed by atoms with Crippen molar-refractivity contribution >= 4 is 16.9 Å². The Kier molecular flexibility index (Phi) is 3.62. The molecule has 1 aromatic carbocycles. The van der Waals surface area contributed by atoms with Crippen LogP contribution in [-0.2, 0) is 6.54 Å². The highest BCUT2D eigenvalue weighted by molar-refractivity contribution is 6.01. The normalized spacial score (nSPS) is 11.3. The van der Waals surface area contributed by atoms with Crippen LogP contribution in [0.1, 0.15) is 16.9 Å². The van der Waals surface area contributed by atoms with Gasteiger partial charge in [-0.2, -0.15) is 5.10 Å². The van der Waals surface area contributed by atoms with E-state index in [1.54, 1.807) is 10.7 Å². The predicted molar refractivity (Wildman–Crippen MR) is 69.9 cm³/mol. The number of benzene rings is 1. The average Bonchev–Trinajstić information content (AvgIpc) is 2.68. The third-order valence-corrected chi connectivity index (χ3v) is 2.84. The Balaban J connectivity index is 2.30. The SMILES string of the molecule is CN(C)CCCn1nc(C(=O)O)c2ccccc21. The van der Waals surface area contributed by atoms with E-state index in [0.29, 0.717) is 5.39 Å². The van der Waals surface area contributed by atoms with E-state index in [0.717, 1.165) is 25.0 Å². The third kappa shape index (κ3) is 2.51. The van der Waals surface area contributed by atoms with Gasteiger partial charge in [0.2, 0.25) is 0 Å². The van der Waals surface area contributed by atoms with Gasteiger partial charge >= 0.3 is 5.97 Å². The van der Waals surface area contributed by atoms with Gasteiger partial charge < -0.3 is 10.0 Å². The van der Waals surface area contributed by atoms with E-state index < -0.39 is 5.97 Å². The molecule has 2 aromatic rings. The number of aromatic nitrogens is 2. The van der Waals surface area contributed by atoms with Gasteiger partial charge in [-0.3, -0.25) is 4.68 Å². The van der Waals surface area contributed by atoms with Crippen molar-refractivity contribution in [2.75, 3.05) is 20.6 Å². The average molecular weight is 247 g/mol. The van der Waals surface area contributed by atoms with Gasteiger partial charge in [0.05, 0.1) is 5.52 Å². The van der Waals surface area contributed by atoms with Crippen molar-refractivity contribution in [1.29, 1.82) is 0 Å². The lowest BCUT2D eigenvalue weighted by Gasteiger charge is -2.09. The fourth-order valence-corrected chi connectivity index (χ4v) is 1.99. The van der Waals surface area contributed by atoms with Crippen LogP contribution in [-0.4, -0.2) is 46.4 Å². The second-order valence-electron chi connectivity index (χ2n) is 4.55. The van der Waals surface area contributed by atoms with Crippen molar-refractivity contribution in [2.24, 2.45) is 0 Å². The molecule has 0 bridgehead atoms. The topological polar surface area (TPSA) is 58.4 Å². The maximum Gasteiger partial charge on any atom is 0.357 e. The summed E-state index contributed by atoms with van der Waals surface area (Å²) in [6, 6.07) is 7.44. The van der Waals surface area contributed by atoms with E-state index >= 15 is 0 Å². The molecule has 0 unspecified atom stereocenters. The minimum Gasteiger partial charge on any atom is -0.476 e. The highest BCUT2D eigenvalue weighted by Crippen LogP contribution is 2.18. The summed E-state index contributed by atoms with van der Waals surface area (Å²) in [6.07, 6.45) is 0.942. The summed E-state index contributed by atoms with van der Waals surface area (Å²) in [6.45, 7) is 1.68. The molecule has 0 amide bonds. The zero-order chi connectivity index (χ0) is 13.1. The van der Waals surface area contributed by atoms with Crippen molar-refractivity contribution in [2.45, 2.75) is 13.0 Å². The molecule has 0 saturated carbocycles. The number of fused-ring (bicyclic) bond motifs is 1. The van der Waals surface area contributed by atoms with E-state index in [1.165, 1.54) is 0 Å². The molecule has 2 rings (SSSR count). The minimum atomic E-state index is -0.974. The van der Waals surface area contributed by atoms with Gasteiger partial charge in [-0.1, -0.05) is 18.2 Å². The van der Waals surface area contributed by atoms with Crippen molar-refractivity contribution in [3.63, 3.8) is 0 Å². The second-order valence-corrected chi connectivity index (χ2v) is 4.55. The quantitative estimate of drug-likeness (QED) is 0.873. The van der Waals surface area contributed by atoms with Crippen LogP contribution in [0.5, 0.6) is 0 Å². The number of nitrogens with zero attached hydrogens (tertiary/aromatic N) is 3. The first kappa shape index (κ1) is 12.6. The van der Waals surface area contributed by atoms with E-state index in [9.17, 15) is 4.79 Å². The van der Waals surface area contributed by atoms with Gasteiger partial charge in [0.25, 0.3) is 0 Å². The summed E-state index contributed by atoms with van der Waals surface area (Å²) in [7, 11) is 4.04. The fraction of sp³-hybridized carbons (Fsp3) is 0.385. The van der Waals surface area contributed by atoms with Crippen molar-refractivity contribution in [3.05, 3.63) is 30.0 Å². The van der Waals surface area contributed by atoms with E-state index in [4.69, 9.17) is 5.11 Å². The summed E-state index contributed by atoms with van der Waals surface area (Å²) in [5, 5.41) is 14.0. The Morgan fingerprint density at radius 3 is 2.78 bits per heavy atom. The van der Waals surface area contributed by atoms with Crippen LogP contribution in [0.4, 0.5) is 0 Å². The number of aromatic carboxylic acids is 1. The molecule has 5 heteroatoms. The number of carboxylic acid groups (broad SMARTS) is 1. The molecular formula is C13H17N3O2. The molecule has 1 N–H and O–H groups in total. The van der Waals surface area contributed by atoms with Gasteiger partial charge in [0.1, 0.15) is 0 Å². The third-order valence-electron chi connectivity index (χ3n) is 2.84. The number of rotatable bonds is 5. The number of hydrogen-bond donors (Lipinski definition) is 1. The molecule has 0 fully saturated rings. The first-order valence-electron chi connectivity index (χ1n) is 5.93. The predicted octanol–water partition coefficient (Wildman–Crippen LogP) is 1.69. The Morgan fingerprint density at radius 2 is 2.11 bits per heavy atom. The maximum atomic E-state index is 11.1. The lowest BCUT2D eigenvalue weighted by Crippen LogP contribution is -2.15. The Bertz CT molecular complexity index is 560. The monoisotopic (exact) mass is 247 g/mol. The molecule has 0 atom stereocenters. The van der Waals surface area contributed by atoms with Crippen molar-refractivity contribution < 1.29 is 9.90 Å². The number of carbonyl (C=O) groups is 1. The van der Waals surface area contributed by atoms with Crippen LogP contribution in [0.15, 0.2) is 24.3 Å². The molecule has 18 heavy (non-hydrogen) atoms. The lowest BCUT2D eigenvalue weighted by atomic mass is 10.2. The van der Waals surface area contributed by atoms with Gasteiger partial charge in [-0.05, 0) is 33.1 Å². The highest BCUT2D eigenvalue weighted by Gasteiger charge is 2.15. The van der Waals surface area contributed by atoms with Crippen molar-refractivity contribution in [3.8, 4) is 0 Å². The van der Waals surface area contributed by atoms with E-state index in [-0.39, 0.29) is 5.69 Å². The molecule has 0 aliphatic rings. The minimum absolute atomic E-state index is 0.135.